The van der Waals surface area contributed by atoms with Crippen LogP contribution in [0.3, 0.4) is 0 Å². The third-order valence-corrected chi connectivity index (χ3v) is 2.80. The Balaban J connectivity index is 2.06. The van der Waals surface area contributed by atoms with Crippen LogP contribution in [0.5, 0.6) is 0 Å². The molecule has 1 saturated heterocycles. The summed E-state index contributed by atoms with van der Waals surface area (Å²) >= 11 is 0. The van der Waals surface area contributed by atoms with Crippen LogP contribution in [0.15, 0.2) is 24.3 Å². The Hall–Kier alpha value is -1.55. The lowest BCUT2D eigenvalue weighted by Crippen LogP contribution is -2.22. The fourth-order valence-corrected chi connectivity index (χ4v) is 1.95. The zero-order valence-electron chi connectivity index (χ0n) is 9.40. The number of hydroxylamine groups is 1. The molecule has 0 bridgehead atoms. The molecule has 0 spiro atoms. The van der Waals surface area contributed by atoms with E-state index < -0.39 is 0 Å². The number of amides is 1. The van der Waals surface area contributed by atoms with E-state index in [1.165, 1.54) is 25.6 Å². The highest BCUT2D eigenvalue weighted by Crippen LogP contribution is 2.20. The molecule has 1 aliphatic heterocycles. The number of rotatable bonds is 3. The van der Waals surface area contributed by atoms with E-state index in [0.29, 0.717) is 5.56 Å². The molecule has 4 heteroatoms. The Labute approximate surface area is 95.2 Å². The lowest BCUT2D eigenvalue weighted by molar-refractivity contribution is 0.0537. The van der Waals surface area contributed by atoms with E-state index >= 15 is 0 Å². The van der Waals surface area contributed by atoms with Crippen molar-refractivity contribution in [2.24, 2.45) is 0 Å². The molecule has 0 radical (unpaired) electrons. The molecule has 1 fully saturated rings. The van der Waals surface area contributed by atoms with Gasteiger partial charge in [-0.2, -0.15) is 0 Å². The summed E-state index contributed by atoms with van der Waals surface area (Å²) in [5.74, 6) is -0.213. The van der Waals surface area contributed by atoms with Crippen LogP contribution in [0.4, 0.5) is 5.69 Å². The van der Waals surface area contributed by atoms with Crippen molar-refractivity contribution in [3.63, 3.8) is 0 Å². The third kappa shape index (κ3) is 2.33. The van der Waals surface area contributed by atoms with E-state index in [4.69, 9.17) is 0 Å². The third-order valence-electron chi connectivity index (χ3n) is 2.80. The first-order valence-electron chi connectivity index (χ1n) is 5.49. The van der Waals surface area contributed by atoms with Crippen molar-refractivity contribution in [1.82, 2.24) is 5.48 Å². The van der Waals surface area contributed by atoms with Crippen LogP contribution in [-0.4, -0.2) is 26.1 Å². The first-order chi connectivity index (χ1) is 7.81. The normalized spacial score (nSPS) is 15.2. The fraction of sp³-hybridized carbons (Fsp3) is 0.417. The molecule has 1 aliphatic rings. The minimum Gasteiger partial charge on any atom is -0.372 e. The Morgan fingerprint density at radius 2 is 1.88 bits per heavy atom. The maximum absolute atomic E-state index is 11.4. The first kappa shape index (κ1) is 11.0. The first-order valence-corrected chi connectivity index (χ1v) is 5.49. The highest BCUT2D eigenvalue weighted by atomic mass is 16.6. The smallest absolute Gasteiger partial charge is 0.274 e. The van der Waals surface area contributed by atoms with E-state index in [2.05, 4.69) is 15.2 Å². The van der Waals surface area contributed by atoms with Crippen LogP contribution >= 0.6 is 0 Å². The minimum atomic E-state index is -0.213. The number of carbonyl (C=O) groups is 1. The Morgan fingerprint density at radius 3 is 2.44 bits per heavy atom. The van der Waals surface area contributed by atoms with E-state index in [-0.39, 0.29) is 5.91 Å². The van der Waals surface area contributed by atoms with Gasteiger partial charge in [0.15, 0.2) is 0 Å². The molecule has 1 aromatic carbocycles. The van der Waals surface area contributed by atoms with Gasteiger partial charge in [0.2, 0.25) is 0 Å². The van der Waals surface area contributed by atoms with Gasteiger partial charge in [0.25, 0.3) is 5.91 Å². The van der Waals surface area contributed by atoms with Crippen LogP contribution in [0.2, 0.25) is 0 Å². The summed E-state index contributed by atoms with van der Waals surface area (Å²) in [5, 5.41) is 0. The van der Waals surface area contributed by atoms with Gasteiger partial charge >= 0.3 is 0 Å². The zero-order chi connectivity index (χ0) is 11.4. The summed E-state index contributed by atoms with van der Waals surface area (Å²) in [7, 11) is 1.43. The van der Waals surface area contributed by atoms with Gasteiger partial charge in [-0.15, -0.1) is 0 Å². The van der Waals surface area contributed by atoms with Crippen molar-refractivity contribution in [3.8, 4) is 0 Å². The highest BCUT2D eigenvalue weighted by molar-refractivity contribution is 5.93. The summed E-state index contributed by atoms with van der Waals surface area (Å²) < 4.78 is 0. The van der Waals surface area contributed by atoms with Gasteiger partial charge in [-0.3, -0.25) is 9.63 Å². The molecule has 4 nitrogen and oxygen atoms in total. The Morgan fingerprint density at radius 1 is 1.25 bits per heavy atom. The molecule has 2 rings (SSSR count). The highest BCUT2D eigenvalue weighted by Gasteiger charge is 2.12. The molecule has 1 aromatic rings. The number of hydrogen-bond acceptors (Lipinski definition) is 3. The summed E-state index contributed by atoms with van der Waals surface area (Å²) in [5.41, 5.74) is 4.10. The van der Waals surface area contributed by atoms with Crippen LogP contribution in [0, 0.1) is 0 Å². The molecule has 0 atom stereocenters. The molecule has 1 heterocycles. The average Bonchev–Trinajstić information content (AvgIpc) is 2.83. The van der Waals surface area contributed by atoms with Crippen molar-refractivity contribution in [2.75, 3.05) is 25.1 Å². The molecule has 0 aliphatic carbocycles. The maximum Gasteiger partial charge on any atom is 0.274 e. The maximum atomic E-state index is 11.4. The average molecular weight is 220 g/mol. The SMILES string of the molecule is CONC(=O)c1ccc(N2CCCC2)cc1. The van der Waals surface area contributed by atoms with E-state index in [0.717, 1.165) is 13.1 Å². The van der Waals surface area contributed by atoms with Gasteiger partial charge in [-0.1, -0.05) is 0 Å². The molecule has 0 unspecified atom stereocenters. The largest absolute Gasteiger partial charge is 0.372 e. The summed E-state index contributed by atoms with van der Waals surface area (Å²) in [4.78, 5) is 18.3. The van der Waals surface area contributed by atoms with Crippen molar-refractivity contribution in [2.45, 2.75) is 12.8 Å². The van der Waals surface area contributed by atoms with Gasteiger partial charge in [0.1, 0.15) is 0 Å². The monoisotopic (exact) mass is 220 g/mol. The van der Waals surface area contributed by atoms with Gasteiger partial charge in [-0.05, 0) is 37.1 Å². The second kappa shape index (κ2) is 4.99. The van der Waals surface area contributed by atoms with Crippen molar-refractivity contribution >= 4 is 11.6 Å². The quantitative estimate of drug-likeness (QED) is 0.786. The predicted octanol–water partition coefficient (Wildman–Crippen LogP) is 1.58. The topological polar surface area (TPSA) is 41.6 Å². The molecule has 0 aromatic heterocycles. The van der Waals surface area contributed by atoms with Crippen LogP contribution in [0.1, 0.15) is 23.2 Å². The van der Waals surface area contributed by atoms with Gasteiger partial charge < -0.3 is 4.90 Å². The number of anilines is 1. The molecule has 16 heavy (non-hydrogen) atoms. The van der Waals surface area contributed by atoms with E-state index in [1.807, 2.05) is 24.3 Å². The second-order valence-electron chi connectivity index (χ2n) is 3.88. The molecular weight excluding hydrogens is 204 g/mol. The minimum absolute atomic E-state index is 0.213. The number of carbonyl (C=O) groups excluding carboxylic acids is 1. The zero-order valence-corrected chi connectivity index (χ0v) is 9.40. The summed E-state index contributed by atoms with van der Waals surface area (Å²) in [6.07, 6.45) is 2.51. The fourth-order valence-electron chi connectivity index (χ4n) is 1.95. The predicted molar refractivity (Wildman–Crippen MR) is 62.4 cm³/mol. The Kier molecular flexibility index (Phi) is 3.41. The van der Waals surface area contributed by atoms with E-state index in [1.54, 1.807) is 0 Å². The van der Waals surface area contributed by atoms with Crippen LogP contribution < -0.4 is 10.4 Å². The molecule has 0 saturated carbocycles. The lowest BCUT2D eigenvalue weighted by atomic mass is 10.2. The number of benzene rings is 1. The summed E-state index contributed by atoms with van der Waals surface area (Å²) in [6.45, 7) is 2.23. The number of nitrogens with one attached hydrogen (secondary N) is 1. The number of nitrogens with zero attached hydrogens (tertiary/aromatic N) is 1. The van der Waals surface area contributed by atoms with Gasteiger partial charge in [0, 0.05) is 24.3 Å². The van der Waals surface area contributed by atoms with Crippen molar-refractivity contribution in [1.29, 1.82) is 0 Å². The molecule has 1 N–H and O–H groups in total. The van der Waals surface area contributed by atoms with Crippen LogP contribution in [0.25, 0.3) is 0 Å². The van der Waals surface area contributed by atoms with Crippen molar-refractivity contribution < 1.29 is 9.63 Å². The van der Waals surface area contributed by atoms with Crippen molar-refractivity contribution in [3.05, 3.63) is 29.8 Å². The Bertz CT molecular complexity index is 356. The van der Waals surface area contributed by atoms with Gasteiger partial charge in [-0.25, -0.2) is 5.48 Å². The van der Waals surface area contributed by atoms with E-state index in [9.17, 15) is 4.79 Å². The lowest BCUT2D eigenvalue weighted by Gasteiger charge is -2.17. The second-order valence-corrected chi connectivity index (χ2v) is 3.88. The molecule has 86 valence electrons. The standard InChI is InChI=1S/C12H16N2O2/c1-16-13-12(15)10-4-6-11(7-5-10)14-8-2-3-9-14/h4-7H,2-3,8-9H2,1H3,(H,13,15). The molecular formula is C12H16N2O2. The number of hydrogen-bond donors (Lipinski definition) is 1. The molecule has 1 amide bonds. The summed E-state index contributed by atoms with van der Waals surface area (Å²) in [6, 6.07) is 7.61. The van der Waals surface area contributed by atoms with Crippen LogP contribution in [-0.2, 0) is 4.84 Å². The van der Waals surface area contributed by atoms with Gasteiger partial charge in [0.05, 0.1) is 7.11 Å².